The van der Waals surface area contributed by atoms with Gasteiger partial charge in [0.05, 0.1) is 0 Å². The molecule has 2 aliphatic rings. The molecular formula is C20H40N2. The highest BCUT2D eigenvalue weighted by atomic mass is 15.2. The van der Waals surface area contributed by atoms with E-state index in [1.165, 1.54) is 44.9 Å². The summed E-state index contributed by atoms with van der Waals surface area (Å²) in [5.74, 6) is 2.52. The van der Waals surface area contributed by atoms with Crippen molar-refractivity contribution >= 4 is 0 Å². The smallest absolute Gasteiger partial charge is 0.0179 e. The van der Waals surface area contributed by atoms with Crippen LogP contribution >= 0.6 is 0 Å². The number of piperidine rings is 1. The van der Waals surface area contributed by atoms with E-state index in [1.807, 2.05) is 0 Å². The maximum absolute atomic E-state index is 3.94. The summed E-state index contributed by atoms with van der Waals surface area (Å²) >= 11 is 0. The molecule has 0 aromatic heterocycles. The average Bonchev–Trinajstić information content (AvgIpc) is 2.49. The van der Waals surface area contributed by atoms with Crippen molar-refractivity contribution < 1.29 is 0 Å². The Hall–Kier alpha value is -0.0800. The van der Waals surface area contributed by atoms with Gasteiger partial charge in [0.1, 0.15) is 0 Å². The summed E-state index contributed by atoms with van der Waals surface area (Å²) < 4.78 is 0. The van der Waals surface area contributed by atoms with Crippen LogP contribution < -0.4 is 5.32 Å². The Morgan fingerprint density at radius 2 is 1.86 bits per heavy atom. The molecule has 0 aromatic carbocycles. The van der Waals surface area contributed by atoms with Gasteiger partial charge in [-0.3, -0.25) is 0 Å². The standard InChI is InChI=1S/C20H40N2/c1-7-8-9-10-15(3)22(6)20-16(4)17(5)21-19-12-11-14(2)13-18(19)20/h14-21H,7-13H2,1-6H3. The summed E-state index contributed by atoms with van der Waals surface area (Å²) in [5.41, 5.74) is 0. The number of hydrogen-bond donors (Lipinski definition) is 1. The Bertz CT molecular complexity index is 330. The van der Waals surface area contributed by atoms with Crippen molar-refractivity contribution in [3.8, 4) is 0 Å². The highest BCUT2D eigenvalue weighted by Crippen LogP contribution is 2.40. The van der Waals surface area contributed by atoms with Gasteiger partial charge in [0.25, 0.3) is 0 Å². The Morgan fingerprint density at radius 1 is 1.14 bits per heavy atom. The number of rotatable bonds is 6. The molecule has 130 valence electrons. The lowest BCUT2D eigenvalue weighted by Gasteiger charge is -2.53. The van der Waals surface area contributed by atoms with Crippen LogP contribution in [0.15, 0.2) is 0 Å². The van der Waals surface area contributed by atoms with Gasteiger partial charge in [-0.15, -0.1) is 0 Å². The number of fused-ring (bicyclic) bond motifs is 1. The van der Waals surface area contributed by atoms with Gasteiger partial charge < -0.3 is 10.2 Å². The fraction of sp³-hybridized carbons (Fsp3) is 1.00. The molecule has 7 unspecified atom stereocenters. The van der Waals surface area contributed by atoms with Crippen molar-refractivity contribution in [1.82, 2.24) is 10.2 Å². The summed E-state index contributed by atoms with van der Waals surface area (Å²) in [4.78, 5) is 2.76. The predicted octanol–water partition coefficient (Wildman–Crippen LogP) is 4.69. The quantitative estimate of drug-likeness (QED) is 0.716. The molecule has 0 amide bonds. The molecule has 7 atom stereocenters. The summed E-state index contributed by atoms with van der Waals surface area (Å²) in [6.07, 6.45) is 9.70. The zero-order chi connectivity index (χ0) is 16.3. The molecule has 1 saturated carbocycles. The Morgan fingerprint density at radius 3 is 2.55 bits per heavy atom. The summed E-state index contributed by atoms with van der Waals surface area (Å²) in [6, 6.07) is 2.91. The zero-order valence-corrected chi connectivity index (χ0v) is 15.9. The summed E-state index contributed by atoms with van der Waals surface area (Å²) in [5, 5.41) is 3.94. The van der Waals surface area contributed by atoms with Gasteiger partial charge in [0.15, 0.2) is 0 Å². The third-order valence-electron chi connectivity index (χ3n) is 6.80. The minimum Gasteiger partial charge on any atom is -0.311 e. The van der Waals surface area contributed by atoms with E-state index in [0.29, 0.717) is 6.04 Å². The molecule has 22 heavy (non-hydrogen) atoms. The van der Waals surface area contributed by atoms with Crippen molar-refractivity contribution in [2.75, 3.05) is 7.05 Å². The molecule has 1 heterocycles. The molecule has 1 saturated heterocycles. The Balaban J connectivity index is 2.06. The molecule has 1 aliphatic carbocycles. The van der Waals surface area contributed by atoms with E-state index >= 15 is 0 Å². The lowest BCUT2D eigenvalue weighted by molar-refractivity contribution is -0.00792. The van der Waals surface area contributed by atoms with Crippen molar-refractivity contribution in [1.29, 1.82) is 0 Å². The number of unbranched alkanes of at least 4 members (excludes halogenated alkanes) is 2. The van der Waals surface area contributed by atoms with Crippen molar-refractivity contribution in [2.24, 2.45) is 17.8 Å². The minimum absolute atomic E-state index is 0.657. The van der Waals surface area contributed by atoms with E-state index in [9.17, 15) is 0 Å². The van der Waals surface area contributed by atoms with Crippen LogP contribution in [-0.2, 0) is 0 Å². The van der Waals surface area contributed by atoms with E-state index in [2.05, 4.69) is 51.9 Å². The van der Waals surface area contributed by atoms with Crippen LogP contribution in [0.5, 0.6) is 0 Å². The van der Waals surface area contributed by atoms with E-state index < -0.39 is 0 Å². The largest absolute Gasteiger partial charge is 0.311 e. The highest BCUT2D eigenvalue weighted by molar-refractivity contribution is 5.01. The number of nitrogens with zero attached hydrogens (tertiary/aromatic N) is 1. The molecule has 2 nitrogen and oxygen atoms in total. The molecular weight excluding hydrogens is 268 g/mol. The first-order chi connectivity index (χ1) is 10.5. The predicted molar refractivity (Wildman–Crippen MR) is 97.2 cm³/mol. The van der Waals surface area contributed by atoms with E-state index in [4.69, 9.17) is 0 Å². The van der Waals surface area contributed by atoms with Crippen LogP contribution in [0.25, 0.3) is 0 Å². The second kappa shape index (κ2) is 8.15. The van der Waals surface area contributed by atoms with Gasteiger partial charge in [0, 0.05) is 24.2 Å². The average molecular weight is 309 g/mol. The lowest BCUT2D eigenvalue weighted by Crippen LogP contribution is -2.64. The SMILES string of the molecule is CCCCCC(C)N(C)C1C(C)C(C)NC2CCC(C)CC21. The zero-order valence-electron chi connectivity index (χ0n) is 15.9. The maximum Gasteiger partial charge on any atom is 0.0179 e. The minimum atomic E-state index is 0.657. The molecule has 0 aromatic rings. The molecule has 2 heteroatoms. The summed E-state index contributed by atoms with van der Waals surface area (Å²) in [6.45, 7) is 12.1. The lowest BCUT2D eigenvalue weighted by atomic mass is 9.67. The van der Waals surface area contributed by atoms with E-state index in [1.54, 1.807) is 0 Å². The van der Waals surface area contributed by atoms with Crippen LogP contribution in [0.2, 0.25) is 0 Å². The Labute approximate surface area is 139 Å². The summed E-state index contributed by atoms with van der Waals surface area (Å²) in [7, 11) is 2.41. The van der Waals surface area contributed by atoms with Crippen molar-refractivity contribution in [3.63, 3.8) is 0 Å². The monoisotopic (exact) mass is 308 g/mol. The van der Waals surface area contributed by atoms with Crippen LogP contribution in [0.3, 0.4) is 0 Å². The van der Waals surface area contributed by atoms with Crippen LogP contribution in [0.4, 0.5) is 0 Å². The normalized spacial score (nSPS) is 40.5. The van der Waals surface area contributed by atoms with Gasteiger partial charge in [0.2, 0.25) is 0 Å². The first-order valence-electron chi connectivity index (χ1n) is 9.93. The topological polar surface area (TPSA) is 15.3 Å². The van der Waals surface area contributed by atoms with E-state index in [-0.39, 0.29) is 0 Å². The second-order valence-corrected chi connectivity index (χ2v) is 8.50. The van der Waals surface area contributed by atoms with Crippen LogP contribution in [0, 0.1) is 17.8 Å². The Kier molecular flexibility index (Phi) is 6.76. The van der Waals surface area contributed by atoms with Crippen LogP contribution in [0.1, 0.15) is 79.6 Å². The molecule has 2 rings (SSSR count). The van der Waals surface area contributed by atoms with Gasteiger partial charge in [-0.2, -0.15) is 0 Å². The van der Waals surface area contributed by atoms with Crippen molar-refractivity contribution in [2.45, 2.75) is 104 Å². The van der Waals surface area contributed by atoms with Gasteiger partial charge >= 0.3 is 0 Å². The fourth-order valence-electron chi connectivity index (χ4n) is 5.04. The maximum atomic E-state index is 3.94. The van der Waals surface area contributed by atoms with Crippen molar-refractivity contribution in [3.05, 3.63) is 0 Å². The molecule has 2 fully saturated rings. The number of hydrogen-bond acceptors (Lipinski definition) is 2. The third-order valence-corrected chi connectivity index (χ3v) is 6.80. The molecule has 1 aliphatic heterocycles. The van der Waals surface area contributed by atoms with Crippen LogP contribution in [-0.4, -0.2) is 36.1 Å². The fourth-order valence-corrected chi connectivity index (χ4v) is 5.04. The number of nitrogens with one attached hydrogen (secondary N) is 1. The third kappa shape index (κ3) is 4.06. The van der Waals surface area contributed by atoms with Gasteiger partial charge in [-0.05, 0) is 64.3 Å². The molecule has 0 spiro atoms. The first-order valence-corrected chi connectivity index (χ1v) is 9.93. The highest BCUT2D eigenvalue weighted by Gasteiger charge is 2.45. The van der Waals surface area contributed by atoms with Gasteiger partial charge in [-0.1, -0.05) is 40.0 Å². The van der Waals surface area contributed by atoms with Gasteiger partial charge in [-0.25, -0.2) is 0 Å². The second-order valence-electron chi connectivity index (χ2n) is 8.50. The van der Waals surface area contributed by atoms with E-state index in [0.717, 1.165) is 35.9 Å². The first kappa shape index (κ1) is 18.3. The molecule has 0 bridgehead atoms. The molecule has 0 radical (unpaired) electrons. The molecule has 1 N–H and O–H groups in total.